The van der Waals surface area contributed by atoms with Crippen LogP contribution in [0, 0.1) is 23.7 Å². The van der Waals surface area contributed by atoms with E-state index < -0.39 is 0 Å². The molecule has 0 heteroatoms. The molecule has 0 unspecified atom stereocenters. The molecule has 2 fully saturated rings. The lowest BCUT2D eigenvalue weighted by Gasteiger charge is -2.42. The summed E-state index contributed by atoms with van der Waals surface area (Å²) in [6.07, 6.45) is 9.14. The second-order valence-electron chi connectivity index (χ2n) is 5.25. The van der Waals surface area contributed by atoms with E-state index >= 15 is 0 Å². The molecule has 0 bridgehead atoms. The van der Waals surface area contributed by atoms with Gasteiger partial charge in [-0.05, 0) is 36.5 Å². The van der Waals surface area contributed by atoms with E-state index in [1.807, 2.05) is 0 Å². The van der Waals surface area contributed by atoms with Gasteiger partial charge in [0.1, 0.15) is 0 Å². The molecule has 0 aromatic carbocycles. The Bertz CT molecular complexity index is 150. The highest BCUT2D eigenvalue weighted by atomic mass is 14.4. The Kier molecular flexibility index (Phi) is 2.43. The van der Waals surface area contributed by atoms with Crippen molar-refractivity contribution in [2.75, 3.05) is 0 Å². The van der Waals surface area contributed by atoms with E-state index in [0.717, 1.165) is 23.7 Å². The number of hydrogen-bond donors (Lipinski definition) is 0. The largest absolute Gasteiger partial charge is 0.0625 e. The van der Waals surface area contributed by atoms with E-state index in [1.54, 1.807) is 6.42 Å². The molecule has 2 aliphatic rings. The Balaban J connectivity index is 2.00. The van der Waals surface area contributed by atoms with Crippen molar-refractivity contribution in [2.45, 2.75) is 52.4 Å². The normalized spacial score (nSPS) is 48.5. The van der Waals surface area contributed by atoms with Gasteiger partial charge in [-0.15, -0.1) is 0 Å². The van der Waals surface area contributed by atoms with Crippen LogP contribution in [-0.2, 0) is 0 Å². The maximum absolute atomic E-state index is 2.48. The highest BCUT2D eigenvalue weighted by molar-refractivity contribution is 4.85. The molecule has 2 aliphatic carbocycles. The Hall–Kier alpha value is 0. The Morgan fingerprint density at radius 2 is 1.75 bits per heavy atom. The van der Waals surface area contributed by atoms with Crippen LogP contribution < -0.4 is 0 Å². The molecule has 4 atom stereocenters. The number of fused-ring (bicyclic) bond motifs is 1. The third kappa shape index (κ3) is 1.53. The quantitative estimate of drug-likeness (QED) is 0.512. The van der Waals surface area contributed by atoms with Crippen LogP contribution in [0.5, 0.6) is 0 Å². The van der Waals surface area contributed by atoms with Gasteiger partial charge in [0.15, 0.2) is 0 Å². The van der Waals surface area contributed by atoms with E-state index in [-0.39, 0.29) is 0 Å². The topological polar surface area (TPSA) is 0 Å². The van der Waals surface area contributed by atoms with E-state index in [2.05, 4.69) is 13.8 Å². The molecule has 0 aromatic heterocycles. The predicted molar refractivity (Wildman–Crippen MR) is 53.0 cm³/mol. The predicted octanol–water partition coefficient (Wildman–Crippen LogP) is 3.86. The first-order chi connectivity index (χ1) is 5.77. The number of rotatable bonds is 0. The summed E-state index contributed by atoms with van der Waals surface area (Å²) in [7, 11) is 0. The smallest absolute Gasteiger partial charge is 0.0358 e. The first kappa shape index (κ1) is 8.59. The van der Waals surface area contributed by atoms with Gasteiger partial charge in [-0.3, -0.25) is 0 Å². The first-order valence-electron chi connectivity index (χ1n) is 5.77. The van der Waals surface area contributed by atoms with Crippen LogP contribution in [0.4, 0.5) is 0 Å². The second kappa shape index (κ2) is 3.40. The summed E-state index contributed by atoms with van der Waals surface area (Å²) in [5, 5.41) is 0. The lowest BCUT2D eigenvalue weighted by molar-refractivity contribution is 0.0880. The monoisotopic (exact) mass is 166 g/mol. The van der Waals surface area contributed by atoms with Crippen molar-refractivity contribution < 1.29 is 0 Å². The zero-order valence-electron chi connectivity index (χ0n) is 8.55. The fourth-order valence-corrected chi connectivity index (χ4v) is 3.46. The van der Waals surface area contributed by atoms with Crippen LogP contribution in [0.3, 0.4) is 0 Å². The summed E-state index contributed by atoms with van der Waals surface area (Å²) in [6.45, 7) is 4.92. The highest BCUT2D eigenvalue weighted by Crippen LogP contribution is 2.45. The van der Waals surface area contributed by atoms with Crippen molar-refractivity contribution >= 4 is 0 Å². The molecule has 0 aliphatic heterocycles. The molecular weight excluding hydrogens is 144 g/mol. The first-order valence-corrected chi connectivity index (χ1v) is 5.77. The average molecular weight is 166 g/mol. The van der Waals surface area contributed by atoms with Crippen LogP contribution in [0.25, 0.3) is 0 Å². The fraction of sp³-hybridized carbons (Fsp3) is 1.00. The Morgan fingerprint density at radius 1 is 0.917 bits per heavy atom. The third-order valence-electron chi connectivity index (χ3n) is 4.28. The molecule has 0 aromatic rings. The highest BCUT2D eigenvalue weighted by Gasteiger charge is 2.34. The van der Waals surface area contributed by atoms with E-state index in [4.69, 9.17) is 0 Å². The van der Waals surface area contributed by atoms with Crippen molar-refractivity contribution in [3.63, 3.8) is 0 Å². The van der Waals surface area contributed by atoms with Gasteiger partial charge in [-0.1, -0.05) is 39.5 Å². The van der Waals surface area contributed by atoms with Crippen LogP contribution in [-0.4, -0.2) is 0 Å². The van der Waals surface area contributed by atoms with E-state index in [9.17, 15) is 0 Å². The van der Waals surface area contributed by atoms with Crippen molar-refractivity contribution in [1.29, 1.82) is 0 Å². The van der Waals surface area contributed by atoms with Crippen molar-refractivity contribution in [3.8, 4) is 0 Å². The lowest BCUT2D eigenvalue weighted by atomic mass is 9.64. The second-order valence-corrected chi connectivity index (χ2v) is 5.25. The van der Waals surface area contributed by atoms with Gasteiger partial charge in [0.25, 0.3) is 0 Å². The SMILES string of the molecule is C[C@H]1CC[C@@H]2CCC[C@H](C)[C@H]2C1. The van der Waals surface area contributed by atoms with Crippen molar-refractivity contribution in [1.82, 2.24) is 0 Å². The standard InChI is InChI=1S/C12H22/c1-9-6-7-11-5-3-4-10(2)12(11)8-9/h9-12H,3-8H2,1-2H3/t9-,10-,11-,12+/m0/s1. The minimum Gasteiger partial charge on any atom is -0.0625 e. The van der Waals surface area contributed by atoms with Gasteiger partial charge in [0.05, 0.1) is 0 Å². The molecule has 0 amide bonds. The molecule has 2 saturated carbocycles. The van der Waals surface area contributed by atoms with Crippen molar-refractivity contribution in [2.24, 2.45) is 23.7 Å². The summed E-state index contributed by atoms with van der Waals surface area (Å²) < 4.78 is 0. The van der Waals surface area contributed by atoms with Crippen LogP contribution in [0.2, 0.25) is 0 Å². The molecule has 0 heterocycles. The molecule has 0 nitrogen and oxygen atoms in total. The van der Waals surface area contributed by atoms with Gasteiger partial charge in [0.2, 0.25) is 0 Å². The van der Waals surface area contributed by atoms with Gasteiger partial charge in [0, 0.05) is 0 Å². The minimum absolute atomic E-state index is 1.02. The van der Waals surface area contributed by atoms with Crippen molar-refractivity contribution in [3.05, 3.63) is 0 Å². The molecule has 0 saturated heterocycles. The Labute approximate surface area is 76.7 Å². The lowest BCUT2D eigenvalue weighted by Crippen LogP contribution is -2.32. The summed E-state index contributed by atoms with van der Waals surface area (Å²) in [4.78, 5) is 0. The minimum atomic E-state index is 1.02. The van der Waals surface area contributed by atoms with E-state index in [1.165, 1.54) is 32.1 Å². The summed E-state index contributed by atoms with van der Waals surface area (Å²) in [6, 6.07) is 0. The molecule has 0 N–H and O–H groups in total. The van der Waals surface area contributed by atoms with Crippen LogP contribution >= 0.6 is 0 Å². The van der Waals surface area contributed by atoms with Crippen LogP contribution in [0.15, 0.2) is 0 Å². The maximum atomic E-state index is 2.48. The maximum Gasteiger partial charge on any atom is -0.0358 e. The summed E-state index contributed by atoms with van der Waals surface area (Å²) in [5.41, 5.74) is 0. The van der Waals surface area contributed by atoms with E-state index in [0.29, 0.717) is 0 Å². The molecule has 0 spiro atoms. The zero-order chi connectivity index (χ0) is 8.55. The molecule has 12 heavy (non-hydrogen) atoms. The summed E-state index contributed by atoms with van der Waals surface area (Å²) >= 11 is 0. The summed E-state index contributed by atoms with van der Waals surface area (Å²) in [5.74, 6) is 4.27. The zero-order valence-corrected chi connectivity index (χ0v) is 8.55. The van der Waals surface area contributed by atoms with Crippen LogP contribution in [0.1, 0.15) is 52.4 Å². The number of hydrogen-bond acceptors (Lipinski definition) is 0. The molecule has 70 valence electrons. The molecule has 2 rings (SSSR count). The fourth-order valence-electron chi connectivity index (χ4n) is 3.46. The molecule has 0 radical (unpaired) electrons. The van der Waals surface area contributed by atoms with Gasteiger partial charge in [-0.2, -0.15) is 0 Å². The van der Waals surface area contributed by atoms with Gasteiger partial charge >= 0.3 is 0 Å². The average Bonchev–Trinajstić information content (AvgIpc) is 2.07. The van der Waals surface area contributed by atoms with Gasteiger partial charge < -0.3 is 0 Å². The Morgan fingerprint density at radius 3 is 2.58 bits per heavy atom. The van der Waals surface area contributed by atoms with Gasteiger partial charge in [-0.25, -0.2) is 0 Å². The third-order valence-corrected chi connectivity index (χ3v) is 4.28. The molecular formula is C12H22.